The second-order valence-electron chi connectivity index (χ2n) is 6.70. The molecule has 31 heavy (non-hydrogen) atoms. The number of ether oxygens (including phenoxy) is 4. The second-order valence-corrected chi connectivity index (χ2v) is 7.86. The number of allylic oxidation sites excluding steroid dienone is 3. The molecule has 6 nitrogen and oxygen atoms in total. The summed E-state index contributed by atoms with van der Waals surface area (Å²) in [5.74, 6) is 6.71. The molecule has 0 aliphatic heterocycles. The number of hydrogen-bond donors (Lipinski definition) is 1. The van der Waals surface area contributed by atoms with Crippen LogP contribution in [0.5, 0.6) is 5.75 Å². The van der Waals surface area contributed by atoms with Gasteiger partial charge in [0.05, 0.1) is 16.4 Å². The van der Waals surface area contributed by atoms with Gasteiger partial charge in [-0.15, -0.1) is 0 Å². The van der Waals surface area contributed by atoms with Gasteiger partial charge >= 0.3 is 5.97 Å². The van der Waals surface area contributed by atoms with Gasteiger partial charge in [-0.3, -0.25) is 0 Å². The largest absolute Gasteiger partial charge is 0.501 e. The zero-order valence-electron chi connectivity index (χ0n) is 17.9. The lowest BCUT2D eigenvalue weighted by atomic mass is 9.94. The molecule has 0 saturated heterocycles. The molecule has 0 fully saturated rings. The van der Waals surface area contributed by atoms with Gasteiger partial charge in [0.15, 0.2) is 11.7 Å². The van der Waals surface area contributed by atoms with Crippen molar-refractivity contribution in [2.45, 2.75) is 31.5 Å². The van der Waals surface area contributed by atoms with E-state index in [1.807, 2.05) is 42.5 Å². The van der Waals surface area contributed by atoms with Crippen LogP contribution in [0.1, 0.15) is 18.9 Å². The van der Waals surface area contributed by atoms with E-state index in [-0.39, 0.29) is 0 Å². The van der Waals surface area contributed by atoms with Crippen LogP contribution < -0.4 is 4.74 Å². The molecule has 166 valence electrons. The molecule has 1 aliphatic rings. The number of halogens is 1. The van der Waals surface area contributed by atoms with Crippen molar-refractivity contribution in [2.75, 3.05) is 27.4 Å². The number of carbonyl (C=O) groups is 1. The fourth-order valence-electron chi connectivity index (χ4n) is 2.93. The zero-order chi connectivity index (χ0) is 22.7. The number of hydrogen-bond acceptors (Lipinski definition) is 5. The Morgan fingerprint density at radius 2 is 2.19 bits per heavy atom. The summed E-state index contributed by atoms with van der Waals surface area (Å²) in [6, 6.07) is 5.61. The Hall–Kier alpha value is -2.28. The number of benzene rings is 1. The molecule has 0 amide bonds. The monoisotopic (exact) mass is 538 g/mol. The highest BCUT2D eigenvalue weighted by Gasteiger charge is 2.28. The molecule has 0 radical (unpaired) electrons. The van der Waals surface area contributed by atoms with Gasteiger partial charge in [0.2, 0.25) is 0 Å². The zero-order valence-corrected chi connectivity index (χ0v) is 20.0. The maximum atomic E-state index is 11.3. The van der Waals surface area contributed by atoms with Crippen molar-refractivity contribution in [3.8, 4) is 17.6 Å². The number of carboxylic acids is 1. The van der Waals surface area contributed by atoms with Gasteiger partial charge in [-0.1, -0.05) is 24.0 Å². The summed E-state index contributed by atoms with van der Waals surface area (Å²) in [6.07, 6.45) is 9.28. The Bertz CT molecular complexity index is 908. The Morgan fingerprint density at radius 1 is 1.39 bits per heavy atom. The summed E-state index contributed by atoms with van der Waals surface area (Å²) >= 11 is 2.17. The third kappa shape index (κ3) is 7.73. The fraction of sp³-hybridized carbons (Fsp3) is 0.375. The lowest BCUT2D eigenvalue weighted by Crippen LogP contribution is -2.29. The Morgan fingerprint density at radius 3 is 2.84 bits per heavy atom. The van der Waals surface area contributed by atoms with Crippen LogP contribution in [0.4, 0.5) is 0 Å². The van der Waals surface area contributed by atoms with E-state index in [1.54, 1.807) is 27.2 Å². The molecular formula is C24H27IO6. The average molecular weight is 538 g/mol. The molecule has 1 aromatic rings. The minimum Gasteiger partial charge on any atom is -0.501 e. The SMILES string of the molecule is CCO[C@@H](Cc1ccc(OC/C=C\C#CC2(OC)C=CC=C(OC)C2)c(I)c1)C(=O)O. The molecular weight excluding hydrogens is 511 g/mol. The van der Waals surface area contributed by atoms with Gasteiger partial charge in [0.1, 0.15) is 12.4 Å². The number of rotatable bonds is 10. The van der Waals surface area contributed by atoms with Crippen molar-refractivity contribution in [3.05, 3.63) is 63.5 Å². The Balaban J connectivity index is 1.91. The maximum absolute atomic E-state index is 11.3. The van der Waals surface area contributed by atoms with Crippen LogP contribution in [0.2, 0.25) is 0 Å². The molecule has 0 heterocycles. The molecule has 0 bridgehead atoms. The first kappa shape index (κ1) is 25.0. The molecule has 0 spiro atoms. The van der Waals surface area contributed by atoms with Gasteiger partial charge in [-0.2, -0.15) is 0 Å². The minimum absolute atomic E-state index is 0.310. The first-order valence-corrected chi connectivity index (χ1v) is 10.9. The number of carboxylic acid groups (broad SMARTS) is 1. The summed E-state index contributed by atoms with van der Waals surface area (Å²) in [7, 11) is 3.26. The Labute approximate surface area is 197 Å². The molecule has 0 aromatic heterocycles. The third-order valence-electron chi connectivity index (χ3n) is 4.59. The quantitative estimate of drug-likeness (QED) is 0.357. The average Bonchev–Trinajstić information content (AvgIpc) is 2.77. The summed E-state index contributed by atoms with van der Waals surface area (Å²) in [6.45, 7) is 2.50. The maximum Gasteiger partial charge on any atom is 0.333 e. The van der Waals surface area contributed by atoms with E-state index in [9.17, 15) is 9.90 Å². The van der Waals surface area contributed by atoms with Crippen LogP contribution in [0.25, 0.3) is 0 Å². The molecule has 2 atom stereocenters. The molecule has 1 N–H and O–H groups in total. The van der Waals surface area contributed by atoms with Crippen LogP contribution in [0.15, 0.2) is 54.3 Å². The predicted molar refractivity (Wildman–Crippen MR) is 127 cm³/mol. The van der Waals surface area contributed by atoms with Crippen LogP contribution in [-0.2, 0) is 25.4 Å². The van der Waals surface area contributed by atoms with E-state index in [4.69, 9.17) is 18.9 Å². The highest BCUT2D eigenvalue weighted by molar-refractivity contribution is 14.1. The van der Waals surface area contributed by atoms with E-state index < -0.39 is 17.7 Å². The summed E-state index contributed by atoms with van der Waals surface area (Å²) < 4.78 is 22.8. The van der Waals surface area contributed by atoms with Gasteiger partial charge in [0.25, 0.3) is 0 Å². The minimum atomic E-state index is -0.961. The van der Waals surface area contributed by atoms with Gasteiger partial charge in [-0.25, -0.2) is 4.79 Å². The number of methoxy groups -OCH3 is 2. The molecule has 0 saturated carbocycles. The number of aliphatic carboxylic acids is 1. The topological polar surface area (TPSA) is 74.2 Å². The molecule has 1 aromatic carbocycles. The van der Waals surface area contributed by atoms with E-state index in [0.29, 0.717) is 26.1 Å². The van der Waals surface area contributed by atoms with Gasteiger partial charge in [-0.05, 0) is 71.5 Å². The third-order valence-corrected chi connectivity index (χ3v) is 5.43. The van der Waals surface area contributed by atoms with Gasteiger partial charge < -0.3 is 24.1 Å². The predicted octanol–water partition coefficient (Wildman–Crippen LogP) is 4.14. The van der Waals surface area contributed by atoms with E-state index in [2.05, 4.69) is 34.4 Å². The lowest BCUT2D eigenvalue weighted by Gasteiger charge is -2.26. The van der Waals surface area contributed by atoms with E-state index >= 15 is 0 Å². The first-order chi connectivity index (χ1) is 14.9. The van der Waals surface area contributed by atoms with Gasteiger partial charge in [0, 0.05) is 26.6 Å². The molecule has 1 aliphatic carbocycles. The Kier molecular flexibility index (Phi) is 10.1. The summed E-state index contributed by atoms with van der Waals surface area (Å²) in [5, 5.41) is 9.23. The lowest BCUT2D eigenvalue weighted by molar-refractivity contribution is -0.149. The van der Waals surface area contributed by atoms with Crippen molar-refractivity contribution >= 4 is 28.6 Å². The molecule has 1 unspecified atom stereocenters. The van der Waals surface area contributed by atoms with Crippen LogP contribution in [0, 0.1) is 15.4 Å². The van der Waals surface area contributed by atoms with Crippen molar-refractivity contribution in [3.63, 3.8) is 0 Å². The highest BCUT2D eigenvalue weighted by atomic mass is 127. The second kappa shape index (κ2) is 12.5. The van der Waals surface area contributed by atoms with Crippen molar-refractivity contribution in [1.29, 1.82) is 0 Å². The van der Waals surface area contributed by atoms with Crippen molar-refractivity contribution in [1.82, 2.24) is 0 Å². The molecule has 2 rings (SSSR count). The summed E-state index contributed by atoms with van der Waals surface area (Å²) in [5.41, 5.74) is 0.195. The highest BCUT2D eigenvalue weighted by Crippen LogP contribution is 2.26. The molecule has 7 heteroatoms. The van der Waals surface area contributed by atoms with Crippen molar-refractivity contribution < 1.29 is 28.8 Å². The van der Waals surface area contributed by atoms with Crippen LogP contribution >= 0.6 is 22.6 Å². The van der Waals surface area contributed by atoms with Crippen molar-refractivity contribution in [2.24, 2.45) is 0 Å². The standard InChI is InChI=1S/C24H27IO6/c1-4-30-22(23(26)27)16-18-10-11-21(20(25)15-18)31-14-7-5-6-12-24(29-3)13-8-9-19(17-24)28-2/h5,7-11,13,15,22H,4,14,16-17H2,1-3H3,(H,26,27)/b7-5-/t22-,24?/m0/s1. The summed E-state index contributed by atoms with van der Waals surface area (Å²) in [4.78, 5) is 11.3. The normalized spacial score (nSPS) is 18.8. The smallest absolute Gasteiger partial charge is 0.333 e. The van der Waals surface area contributed by atoms with E-state index in [1.165, 1.54) is 0 Å². The van der Waals surface area contributed by atoms with Crippen LogP contribution in [-0.4, -0.2) is 50.2 Å². The van der Waals surface area contributed by atoms with E-state index in [0.717, 1.165) is 20.6 Å². The van der Waals surface area contributed by atoms with Crippen LogP contribution in [0.3, 0.4) is 0 Å². The first-order valence-electron chi connectivity index (χ1n) is 9.84. The fourth-order valence-corrected chi connectivity index (χ4v) is 3.67.